The van der Waals surface area contributed by atoms with Crippen molar-refractivity contribution in [1.82, 2.24) is 19.4 Å². The van der Waals surface area contributed by atoms with Gasteiger partial charge in [0.25, 0.3) is 0 Å². The Morgan fingerprint density at radius 3 is 2.86 bits per heavy atom. The van der Waals surface area contributed by atoms with Crippen molar-refractivity contribution in [2.24, 2.45) is 11.8 Å². The van der Waals surface area contributed by atoms with Crippen LogP contribution in [0, 0.1) is 11.8 Å². The zero-order chi connectivity index (χ0) is 14.2. The Bertz CT molecular complexity index is 479. The van der Waals surface area contributed by atoms with Gasteiger partial charge in [-0.15, -0.1) is 0 Å². The second-order valence-corrected chi connectivity index (χ2v) is 7.32. The lowest BCUT2D eigenvalue weighted by Gasteiger charge is -2.36. The molecular formula is C17H28N4. The molecule has 2 bridgehead atoms. The number of hydrogen-bond acceptors (Lipinski definition) is 3. The number of aromatic nitrogens is 2. The minimum absolute atomic E-state index is 0.800. The van der Waals surface area contributed by atoms with E-state index in [9.17, 15) is 0 Å². The number of piperidine rings is 1. The standard InChI is InChI=1S/C17H28N4/c1-2-20-8-7-18-17(20)13-19-9-15-5-6-16(12-19)21(11-15)10-14-3-4-14/h7-8,14-16H,2-6,9-13H2,1H3/t15-,16+/m1/s1. The lowest BCUT2D eigenvalue weighted by molar-refractivity contribution is 0.125. The van der Waals surface area contributed by atoms with Crippen LogP contribution in [0.1, 0.15) is 38.4 Å². The predicted octanol–water partition coefficient (Wildman–Crippen LogP) is 2.21. The second kappa shape index (κ2) is 5.73. The van der Waals surface area contributed by atoms with E-state index in [2.05, 4.69) is 32.5 Å². The van der Waals surface area contributed by atoms with Gasteiger partial charge in [-0.1, -0.05) is 0 Å². The van der Waals surface area contributed by atoms with Gasteiger partial charge in [0, 0.05) is 51.2 Å². The third-order valence-electron chi connectivity index (χ3n) is 5.60. The van der Waals surface area contributed by atoms with Crippen LogP contribution < -0.4 is 0 Å². The third kappa shape index (κ3) is 3.02. The highest BCUT2D eigenvalue weighted by Crippen LogP contribution is 2.35. The van der Waals surface area contributed by atoms with E-state index in [1.165, 1.54) is 57.7 Å². The van der Waals surface area contributed by atoms with Crippen molar-refractivity contribution >= 4 is 0 Å². The van der Waals surface area contributed by atoms with Gasteiger partial charge in [0.2, 0.25) is 0 Å². The molecule has 0 N–H and O–H groups in total. The summed E-state index contributed by atoms with van der Waals surface area (Å²) < 4.78 is 2.29. The molecule has 0 amide bonds. The van der Waals surface area contributed by atoms with Crippen LogP contribution in [0.15, 0.2) is 12.4 Å². The minimum Gasteiger partial charge on any atom is -0.334 e. The lowest BCUT2D eigenvalue weighted by Crippen LogP contribution is -2.44. The number of nitrogens with zero attached hydrogens (tertiary/aromatic N) is 4. The van der Waals surface area contributed by atoms with Crippen molar-refractivity contribution in [1.29, 1.82) is 0 Å². The van der Waals surface area contributed by atoms with Gasteiger partial charge in [0.15, 0.2) is 0 Å². The third-order valence-corrected chi connectivity index (χ3v) is 5.60. The largest absolute Gasteiger partial charge is 0.334 e. The highest BCUT2D eigenvalue weighted by Gasteiger charge is 2.37. The fourth-order valence-corrected chi connectivity index (χ4v) is 4.24. The van der Waals surface area contributed by atoms with Gasteiger partial charge in [-0.25, -0.2) is 4.98 Å². The molecule has 2 atom stereocenters. The Labute approximate surface area is 128 Å². The van der Waals surface area contributed by atoms with Crippen LogP contribution in [-0.2, 0) is 13.1 Å². The van der Waals surface area contributed by atoms with Gasteiger partial charge >= 0.3 is 0 Å². The second-order valence-electron chi connectivity index (χ2n) is 7.32. The van der Waals surface area contributed by atoms with Gasteiger partial charge in [-0.2, -0.15) is 0 Å². The number of rotatable bonds is 5. The van der Waals surface area contributed by atoms with Crippen molar-refractivity contribution in [3.8, 4) is 0 Å². The SMILES string of the molecule is CCn1ccnc1CN1C[C@H]2CC[C@@H](C1)N(CC1CC1)C2. The topological polar surface area (TPSA) is 24.3 Å². The molecule has 5 rings (SSSR count). The number of aryl methyl sites for hydroxylation is 1. The summed E-state index contributed by atoms with van der Waals surface area (Å²) in [4.78, 5) is 10.1. The molecule has 0 unspecified atom stereocenters. The van der Waals surface area contributed by atoms with Crippen LogP contribution in [0.4, 0.5) is 0 Å². The summed E-state index contributed by atoms with van der Waals surface area (Å²) in [7, 11) is 0. The summed E-state index contributed by atoms with van der Waals surface area (Å²) in [5, 5.41) is 0. The monoisotopic (exact) mass is 288 g/mol. The van der Waals surface area contributed by atoms with Gasteiger partial charge in [0.05, 0.1) is 6.54 Å². The van der Waals surface area contributed by atoms with E-state index in [0.717, 1.165) is 31.0 Å². The molecule has 1 aliphatic carbocycles. The molecule has 0 spiro atoms. The van der Waals surface area contributed by atoms with Crippen LogP contribution in [0.25, 0.3) is 0 Å². The fraction of sp³-hybridized carbons (Fsp3) is 0.824. The Morgan fingerprint density at radius 2 is 2.05 bits per heavy atom. The maximum absolute atomic E-state index is 4.57. The summed E-state index contributed by atoms with van der Waals surface area (Å²) in [5.41, 5.74) is 0. The molecule has 4 heterocycles. The van der Waals surface area contributed by atoms with Crippen LogP contribution in [0.3, 0.4) is 0 Å². The van der Waals surface area contributed by atoms with Crippen molar-refractivity contribution in [2.45, 2.75) is 51.7 Å². The van der Waals surface area contributed by atoms with Crippen LogP contribution >= 0.6 is 0 Å². The molecule has 4 heteroatoms. The maximum atomic E-state index is 4.57. The van der Waals surface area contributed by atoms with Crippen LogP contribution in [0.5, 0.6) is 0 Å². The molecule has 3 saturated heterocycles. The lowest BCUT2D eigenvalue weighted by atomic mass is 9.95. The van der Waals surface area contributed by atoms with E-state index in [1.54, 1.807) is 0 Å². The summed E-state index contributed by atoms with van der Waals surface area (Å²) in [6, 6.07) is 0.800. The molecule has 1 aromatic heterocycles. The van der Waals surface area contributed by atoms with Crippen LogP contribution in [0.2, 0.25) is 0 Å². The van der Waals surface area contributed by atoms with Crippen molar-refractivity contribution in [2.75, 3.05) is 26.2 Å². The molecule has 4 nitrogen and oxygen atoms in total. The molecule has 1 aromatic rings. The Kier molecular flexibility index (Phi) is 3.76. The first-order valence-corrected chi connectivity index (χ1v) is 8.78. The summed E-state index contributed by atoms with van der Waals surface area (Å²) in [6.07, 6.45) is 9.86. The first kappa shape index (κ1) is 13.8. The molecule has 0 aromatic carbocycles. The normalized spacial score (nSPS) is 30.7. The highest BCUT2D eigenvalue weighted by molar-refractivity contribution is 4.96. The van der Waals surface area contributed by atoms with E-state index < -0.39 is 0 Å². The molecule has 3 aliphatic heterocycles. The zero-order valence-electron chi connectivity index (χ0n) is 13.2. The smallest absolute Gasteiger partial charge is 0.122 e. The average Bonchev–Trinajstić information content (AvgIpc) is 3.24. The van der Waals surface area contributed by atoms with Crippen molar-refractivity contribution < 1.29 is 0 Å². The van der Waals surface area contributed by atoms with E-state index in [1.807, 2.05) is 6.20 Å². The molecule has 0 radical (unpaired) electrons. The number of hydrogen-bond donors (Lipinski definition) is 0. The number of fused-ring (bicyclic) bond motifs is 4. The first-order chi connectivity index (χ1) is 10.3. The van der Waals surface area contributed by atoms with Gasteiger partial charge in [0.1, 0.15) is 5.82 Å². The Morgan fingerprint density at radius 1 is 1.14 bits per heavy atom. The van der Waals surface area contributed by atoms with Crippen molar-refractivity contribution in [3.63, 3.8) is 0 Å². The highest BCUT2D eigenvalue weighted by atomic mass is 15.3. The zero-order valence-corrected chi connectivity index (χ0v) is 13.2. The van der Waals surface area contributed by atoms with E-state index in [0.29, 0.717) is 0 Å². The van der Waals surface area contributed by atoms with Gasteiger partial charge in [-0.05, 0) is 44.4 Å². The molecular weight excluding hydrogens is 260 g/mol. The van der Waals surface area contributed by atoms with Gasteiger partial charge in [-0.3, -0.25) is 9.80 Å². The fourth-order valence-electron chi connectivity index (χ4n) is 4.24. The average molecular weight is 288 g/mol. The maximum Gasteiger partial charge on any atom is 0.122 e. The van der Waals surface area contributed by atoms with Crippen LogP contribution in [-0.4, -0.2) is 51.6 Å². The minimum atomic E-state index is 0.800. The molecule has 21 heavy (non-hydrogen) atoms. The molecule has 4 aliphatic rings. The summed E-state index contributed by atoms with van der Waals surface area (Å²) in [6.45, 7) is 9.51. The van der Waals surface area contributed by atoms with E-state index in [4.69, 9.17) is 0 Å². The van der Waals surface area contributed by atoms with E-state index in [-0.39, 0.29) is 0 Å². The molecule has 116 valence electrons. The Balaban J connectivity index is 1.43. The quantitative estimate of drug-likeness (QED) is 0.830. The summed E-state index contributed by atoms with van der Waals surface area (Å²) in [5.74, 6) is 3.15. The number of imidazole rings is 1. The van der Waals surface area contributed by atoms with Crippen molar-refractivity contribution in [3.05, 3.63) is 18.2 Å². The Hall–Kier alpha value is -0.870. The molecule has 1 saturated carbocycles. The molecule has 4 fully saturated rings. The first-order valence-electron chi connectivity index (χ1n) is 8.78. The van der Waals surface area contributed by atoms with E-state index >= 15 is 0 Å². The predicted molar refractivity (Wildman–Crippen MR) is 84.0 cm³/mol. The summed E-state index contributed by atoms with van der Waals surface area (Å²) >= 11 is 0. The van der Waals surface area contributed by atoms with Gasteiger partial charge < -0.3 is 4.57 Å².